The molecule has 0 bridgehead atoms. The van der Waals surface area contributed by atoms with Crippen molar-refractivity contribution in [3.63, 3.8) is 0 Å². The summed E-state index contributed by atoms with van der Waals surface area (Å²) in [5.41, 5.74) is 1.22. The average molecular weight is 226 g/mol. The summed E-state index contributed by atoms with van der Waals surface area (Å²) in [7, 11) is 1.84. The Morgan fingerprint density at radius 3 is 2.73 bits per heavy atom. The molecular weight excluding hydrogens is 214 g/mol. The van der Waals surface area contributed by atoms with Crippen LogP contribution in [0.5, 0.6) is 5.75 Å². The number of benzene rings is 1. The molecule has 0 amide bonds. The Labute approximate surface area is 94.2 Å². The second kappa shape index (κ2) is 3.14. The molecular formula is C11H12ClNO2. The first kappa shape index (κ1) is 10.3. The van der Waals surface area contributed by atoms with Crippen LogP contribution in [0.15, 0.2) is 18.2 Å². The lowest BCUT2D eigenvalue weighted by Gasteiger charge is -2.03. The highest BCUT2D eigenvalue weighted by atomic mass is 35.5. The van der Waals surface area contributed by atoms with Gasteiger partial charge in [0.05, 0.1) is 5.56 Å². The second-order valence-corrected chi connectivity index (χ2v) is 3.89. The lowest BCUT2D eigenvalue weighted by Crippen LogP contribution is -2.21. The van der Waals surface area contributed by atoms with Crippen LogP contribution in [0.4, 0.5) is 5.69 Å². The van der Waals surface area contributed by atoms with Crippen molar-refractivity contribution >= 4 is 23.9 Å². The van der Waals surface area contributed by atoms with E-state index in [9.17, 15) is 4.79 Å². The van der Waals surface area contributed by atoms with Crippen LogP contribution in [0.3, 0.4) is 0 Å². The average Bonchev–Trinajstić information content (AvgIpc) is 2.92. The summed E-state index contributed by atoms with van der Waals surface area (Å²) >= 11 is 0. The van der Waals surface area contributed by atoms with Crippen LogP contribution in [-0.4, -0.2) is 18.4 Å². The largest absolute Gasteiger partial charge is 0.478 e. The molecule has 0 atom stereocenters. The lowest BCUT2D eigenvalue weighted by atomic mass is 10.1. The van der Waals surface area contributed by atoms with E-state index in [2.05, 4.69) is 5.32 Å². The van der Waals surface area contributed by atoms with Gasteiger partial charge in [0, 0.05) is 12.7 Å². The third-order valence-corrected chi connectivity index (χ3v) is 2.94. The number of carbonyl (C=O) groups is 1. The number of rotatable bonds is 1. The Morgan fingerprint density at radius 2 is 2.13 bits per heavy atom. The summed E-state index contributed by atoms with van der Waals surface area (Å²) < 4.78 is 5.64. The fourth-order valence-electron chi connectivity index (χ4n) is 1.90. The number of Topliss-reactive ketones (excluding diaryl/α,β-unsaturated/α-hetero) is 1. The van der Waals surface area contributed by atoms with Crippen LogP contribution in [0.2, 0.25) is 0 Å². The zero-order chi connectivity index (χ0) is 9.76. The molecule has 1 aliphatic carbocycles. The smallest absolute Gasteiger partial charge is 0.210 e. The molecule has 2 aliphatic rings. The van der Waals surface area contributed by atoms with E-state index in [1.807, 2.05) is 25.2 Å². The molecule has 0 unspecified atom stereocenters. The van der Waals surface area contributed by atoms with Crippen molar-refractivity contribution in [3.05, 3.63) is 23.8 Å². The third-order valence-electron chi connectivity index (χ3n) is 2.94. The van der Waals surface area contributed by atoms with E-state index in [1.165, 1.54) is 0 Å². The van der Waals surface area contributed by atoms with Crippen molar-refractivity contribution in [3.8, 4) is 5.75 Å². The highest BCUT2D eigenvalue weighted by Crippen LogP contribution is 2.50. The van der Waals surface area contributed by atoms with Crippen LogP contribution >= 0.6 is 12.4 Å². The van der Waals surface area contributed by atoms with E-state index in [0.717, 1.165) is 29.8 Å². The Kier molecular flexibility index (Phi) is 2.15. The third kappa shape index (κ3) is 1.30. The van der Waals surface area contributed by atoms with E-state index in [1.54, 1.807) is 0 Å². The van der Waals surface area contributed by atoms with Crippen molar-refractivity contribution in [1.29, 1.82) is 0 Å². The van der Waals surface area contributed by atoms with Gasteiger partial charge in [-0.3, -0.25) is 4.79 Å². The second-order valence-electron chi connectivity index (χ2n) is 3.89. The molecule has 3 nitrogen and oxygen atoms in total. The van der Waals surface area contributed by atoms with Gasteiger partial charge in [-0.15, -0.1) is 12.4 Å². The number of nitrogens with one attached hydrogen (secondary N) is 1. The normalized spacial score (nSPS) is 19.1. The minimum atomic E-state index is -0.464. The topological polar surface area (TPSA) is 38.3 Å². The number of hydrogen-bond acceptors (Lipinski definition) is 3. The van der Waals surface area contributed by atoms with Gasteiger partial charge in [-0.25, -0.2) is 0 Å². The van der Waals surface area contributed by atoms with E-state index < -0.39 is 5.60 Å². The number of ether oxygens (including phenoxy) is 1. The summed E-state index contributed by atoms with van der Waals surface area (Å²) in [6.07, 6.45) is 1.74. The predicted molar refractivity (Wildman–Crippen MR) is 60.2 cm³/mol. The Morgan fingerprint density at radius 1 is 1.40 bits per heavy atom. The van der Waals surface area contributed by atoms with Gasteiger partial charge in [-0.05, 0) is 31.0 Å². The SMILES string of the molecule is CNc1ccc2c(c1)C(=O)C1(CC1)O2.Cl. The summed E-state index contributed by atoms with van der Waals surface area (Å²) in [5, 5.41) is 3.02. The summed E-state index contributed by atoms with van der Waals surface area (Å²) in [6, 6.07) is 5.66. The van der Waals surface area contributed by atoms with Gasteiger partial charge >= 0.3 is 0 Å². The Bertz CT molecular complexity index is 427. The zero-order valence-electron chi connectivity index (χ0n) is 8.37. The molecule has 1 aliphatic heterocycles. The predicted octanol–water partition coefficient (Wildman–Crippen LogP) is 2.26. The number of ketones is 1. The minimum Gasteiger partial charge on any atom is -0.478 e. The van der Waals surface area contributed by atoms with Crippen LogP contribution in [0.1, 0.15) is 23.2 Å². The first-order valence-corrected chi connectivity index (χ1v) is 4.81. The van der Waals surface area contributed by atoms with E-state index in [0.29, 0.717) is 0 Å². The Hall–Kier alpha value is -1.22. The molecule has 1 aromatic rings. The maximum absolute atomic E-state index is 11.9. The van der Waals surface area contributed by atoms with E-state index in [4.69, 9.17) is 4.74 Å². The van der Waals surface area contributed by atoms with Crippen molar-refractivity contribution < 1.29 is 9.53 Å². The number of hydrogen-bond donors (Lipinski definition) is 1. The molecule has 15 heavy (non-hydrogen) atoms. The van der Waals surface area contributed by atoms with Crippen LogP contribution in [0, 0.1) is 0 Å². The number of anilines is 1. The maximum Gasteiger partial charge on any atom is 0.210 e. The number of fused-ring (bicyclic) bond motifs is 1. The fourth-order valence-corrected chi connectivity index (χ4v) is 1.90. The van der Waals surface area contributed by atoms with Crippen molar-refractivity contribution in [1.82, 2.24) is 0 Å². The van der Waals surface area contributed by atoms with Crippen molar-refractivity contribution in [2.75, 3.05) is 12.4 Å². The number of halogens is 1. The monoisotopic (exact) mass is 225 g/mol. The molecule has 0 radical (unpaired) electrons. The first-order valence-electron chi connectivity index (χ1n) is 4.81. The van der Waals surface area contributed by atoms with Gasteiger partial charge in [-0.2, -0.15) is 0 Å². The van der Waals surface area contributed by atoms with Gasteiger partial charge in [-0.1, -0.05) is 0 Å². The van der Waals surface area contributed by atoms with E-state index >= 15 is 0 Å². The van der Waals surface area contributed by atoms with Crippen molar-refractivity contribution in [2.45, 2.75) is 18.4 Å². The highest BCUT2D eigenvalue weighted by Gasteiger charge is 2.57. The lowest BCUT2D eigenvalue weighted by molar-refractivity contribution is 0.0820. The molecule has 1 heterocycles. The van der Waals surface area contributed by atoms with Gasteiger partial charge in [0.1, 0.15) is 5.75 Å². The molecule has 3 rings (SSSR count). The molecule has 80 valence electrons. The van der Waals surface area contributed by atoms with Gasteiger partial charge in [0.15, 0.2) is 5.60 Å². The molecule has 0 saturated heterocycles. The van der Waals surface area contributed by atoms with Crippen LogP contribution in [0.25, 0.3) is 0 Å². The molecule has 1 fully saturated rings. The standard InChI is InChI=1S/C11H11NO2.ClH/c1-12-7-2-3-9-8(6-7)10(13)11(14-9)4-5-11;/h2-3,6,12H,4-5H2,1H3;1H. The van der Waals surface area contributed by atoms with Gasteiger partial charge in [0.25, 0.3) is 0 Å². The first-order chi connectivity index (χ1) is 6.75. The summed E-state index contributed by atoms with van der Waals surface area (Å²) in [6.45, 7) is 0. The molecule has 1 aromatic carbocycles. The molecule has 1 N–H and O–H groups in total. The van der Waals surface area contributed by atoms with Crippen LogP contribution < -0.4 is 10.1 Å². The Balaban J connectivity index is 0.000000853. The molecule has 1 spiro atoms. The summed E-state index contributed by atoms with van der Waals surface area (Å²) in [4.78, 5) is 11.9. The molecule has 4 heteroatoms. The minimum absolute atomic E-state index is 0. The number of carbonyl (C=O) groups excluding carboxylic acids is 1. The molecule has 1 saturated carbocycles. The zero-order valence-corrected chi connectivity index (χ0v) is 9.19. The van der Waals surface area contributed by atoms with Gasteiger partial charge in [0.2, 0.25) is 5.78 Å². The summed E-state index contributed by atoms with van der Waals surface area (Å²) in [5.74, 6) is 0.899. The molecule has 0 aromatic heterocycles. The fraction of sp³-hybridized carbons (Fsp3) is 0.364. The quantitative estimate of drug-likeness (QED) is 0.797. The highest BCUT2D eigenvalue weighted by molar-refractivity contribution is 6.09. The van der Waals surface area contributed by atoms with Gasteiger partial charge < -0.3 is 10.1 Å². The van der Waals surface area contributed by atoms with E-state index in [-0.39, 0.29) is 18.2 Å². The van der Waals surface area contributed by atoms with Crippen molar-refractivity contribution in [2.24, 2.45) is 0 Å². The maximum atomic E-state index is 11.9. The van der Waals surface area contributed by atoms with Crippen LogP contribution in [-0.2, 0) is 0 Å².